The molecule has 0 bridgehead atoms. The maximum Gasteiger partial charge on any atom is 0.322 e. The second kappa shape index (κ2) is 5.58. The van der Waals surface area contributed by atoms with Crippen molar-refractivity contribution in [2.45, 2.75) is 19.4 Å². The minimum absolute atomic E-state index is 0.109. The lowest BCUT2D eigenvalue weighted by Crippen LogP contribution is -2.42. The molecule has 108 valence electrons. The van der Waals surface area contributed by atoms with Crippen molar-refractivity contribution in [3.8, 4) is 11.5 Å². The lowest BCUT2D eigenvalue weighted by atomic mass is 10.2. The maximum atomic E-state index is 12.3. The molecule has 1 fully saturated rings. The molecule has 0 spiro atoms. The quantitative estimate of drug-likeness (QED) is 0.854. The van der Waals surface area contributed by atoms with Crippen molar-refractivity contribution >= 4 is 11.7 Å². The van der Waals surface area contributed by atoms with Crippen molar-refractivity contribution in [1.29, 1.82) is 0 Å². The van der Waals surface area contributed by atoms with Crippen LogP contribution in [0.1, 0.15) is 13.3 Å². The number of anilines is 1. The number of benzene rings is 1. The Hall–Kier alpha value is -1.95. The Labute approximate surface area is 117 Å². The van der Waals surface area contributed by atoms with Crippen LogP contribution in [0, 0.1) is 0 Å². The molecule has 1 atom stereocenters. The van der Waals surface area contributed by atoms with Gasteiger partial charge >= 0.3 is 6.03 Å². The maximum absolute atomic E-state index is 12.3. The molecule has 1 aromatic rings. The predicted octanol–water partition coefficient (Wildman–Crippen LogP) is 2.06. The van der Waals surface area contributed by atoms with E-state index >= 15 is 0 Å². The monoisotopic (exact) mass is 278 g/mol. The van der Waals surface area contributed by atoms with Crippen LogP contribution in [0.3, 0.4) is 0 Å². The second-order valence-electron chi connectivity index (χ2n) is 4.94. The first-order valence-electron chi connectivity index (χ1n) is 6.79. The summed E-state index contributed by atoms with van der Waals surface area (Å²) in [6.45, 7) is 4.16. The van der Waals surface area contributed by atoms with Gasteiger partial charge in [-0.05, 0) is 25.5 Å². The number of urea groups is 1. The number of ether oxygens (including phenoxy) is 3. The Morgan fingerprint density at radius 2 is 2.15 bits per heavy atom. The number of nitrogens with one attached hydrogen (secondary N) is 1. The van der Waals surface area contributed by atoms with Gasteiger partial charge in [-0.2, -0.15) is 0 Å². The van der Waals surface area contributed by atoms with Crippen LogP contribution in [-0.2, 0) is 4.74 Å². The molecule has 2 amide bonds. The number of rotatable bonds is 1. The Kier molecular flexibility index (Phi) is 3.64. The van der Waals surface area contributed by atoms with Crippen LogP contribution >= 0.6 is 0 Å². The summed E-state index contributed by atoms with van der Waals surface area (Å²) in [7, 11) is 0. The van der Waals surface area contributed by atoms with Crippen molar-refractivity contribution in [2.75, 3.05) is 31.9 Å². The molecule has 2 heterocycles. The van der Waals surface area contributed by atoms with E-state index in [1.807, 2.05) is 13.0 Å². The molecular formula is C14H18N2O4. The zero-order chi connectivity index (χ0) is 13.9. The average molecular weight is 278 g/mol. The summed E-state index contributed by atoms with van der Waals surface area (Å²) in [6.07, 6.45) is 0.856. The van der Waals surface area contributed by atoms with E-state index in [-0.39, 0.29) is 18.9 Å². The normalized spacial score (nSPS) is 21.4. The number of carbonyl (C=O) groups is 1. The molecule has 0 aliphatic carbocycles. The first-order chi connectivity index (χ1) is 9.74. The first-order valence-corrected chi connectivity index (χ1v) is 6.79. The van der Waals surface area contributed by atoms with Gasteiger partial charge in [0.05, 0.1) is 6.61 Å². The minimum Gasteiger partial charge on any atom is -0.454 e. The fourth-order valence-electron chi connectivity index (χ4n) is 2.37. The minimum atomic E-state index is -0.109. The summed E-state index contributed by atoms with van der Waals surface area (Å²) in [5, 5.41) is 2.90. The van der Waals surface area contributed by atoms with Gasteiger partial charge in [-0.3, -0.25) is 0 Å². The molecule has 2 aliphatic rings. The van der Waals surface area contributed by atoms with Gasteiger partial charge in [0.25, 0.3) is 0 Å². The largest absolute Gasteiger partial charge is 0.454 e. The molecule has 1 N–H and O–H groups in total. The van der Waals surface area contributed by atoms with Gasteiger partial charge in [0.15, 0.2) is 11.5 Å². The van der Waals surface area contributed by atoms with E-state index in [0.29, 0.717) is 36.9 Å². The van der Waals surface area contributed by atoms with Gasteiger partial charge in [0, 0.05) is 30.9 Å². The number of fused-ring (bicyclic) bond motifs is 1. The van der Waals surface area contributed by atoms with Crippen molar-refractivity contribution in [3.05, 3.63) is 18.2 Å². The van der Waals surface area contributed by atoms with Crippen LogP contribution in [0.4, 0.5) is 10.5 Å². The fourth-order valence-corrected chi connectivity index (χ4v) is 2.37. The molecular weight excluding hydrogens is 260 g/mol. The Balaban J connectivity index is 1.68. The van der Waals surface area contributed by atoms with E-state index in [0.717, 1.165) is 6.42 Å². The lowest BCUT2D eigenvalue weighted by Gasteiger charge is -2.26. The zero-order valence-electron chi connectivity index (χ0n) is 11.4. The third-order valence-corrected chi connectivity index (χ3v) is 3.57. The fraction of sp³-hybridized carbons (Fsp3) is 0.500. The lowest BCUT2D eigenvalue weighted by molar-refractivity contribution is 0.143. The van der Waals surface area contributed by atoms with Gasteiger partial charge in [-0.1, -0.05) is 0 Å². The molecule has 0 unspecified atom stereocenters. The standard InChI is InChI=1S/C14H18N2O4/c1-10-4-6-18-7-5-16(10)14(17)15-11-2-3-12-13(8-11)20-9-19-12/h2-3,8,10H,4-7,9H2,1H3,(H,15,17)/t10-/m1/s1. The van der Waals surface area contributed by atoms with Crippen LogP contribution in [-0.4, -0.2) is 43.5 Å². The van der Waals surface area contributed by atoms with E-state index in [2.05, 4.69) is 5.32 Å². The Morgan fingerprint density at radius 1 is 1.30 bits per heavy atom. The molecule has 2 aliphatic heterocycles. The highest BCUT2D eigenvalue weighted by molar-refractivity contribution is 5.90. The molecule has 20 heavy (non-hydrogen) atoms. The van der Waals surface area contributed by atoms with Crippen LogP contribution < -0.4 is 14.8 Å². The van der Waals surface area contributed by atoms with Crippen LogP contribution in [0.15, 0.2) is 18.2 Å². The van der Waals surface area contributed by atoms with Crippen molar-refractivity contribution < 1.29 is 19.0 Å². The van der Waals surface area contributed by atoms with E-state index in [4.69, 9.17) is 14.2 Å². The van der Waals surface area contributed by atoms with E-state index in [9.17, 15) is 4.79 Å². The van der Waals surface area contributed by atoms with Gasteiger partial charge < -0.3 is 24.4 Å². The summed E-state index contributed by atoms with van der Waals surface area (Å²) >= 11 is 0. The number of hydrogen-bond donors (Lipinski definition) is 1. The van der Waals surface area contributed by atoms with Crippen LogP contribution in [0.5, 0.6) is 11.5 Å². The molecule has 6 nitrogen and oxygen atoms in total. The predicted molar refractivity (Wildman–Crippen MR) is 73.2 cm³/mol. The molecule has 6 heteroatoms. The second-order valence-corrected chi connectivity index (χ2v) is 4.94. The molecule has 1 aromatic carbocycles. The van der Waals surface area contributed by atoms with Gasteiger partial charge in [-0.25, -0.2) is 4.79 Å². The number of carbonyl (C=O) groups excluding carboxylic acids is 1. The van der Waals surface area contributed by atoms with Crippen LogP contribution in [0.2, 0.25) is 0 Å². The summed E-state index contributed by atoms with van der Waals surface area (Å²) in [5.74, 6) is 1.37. The molecule has 1 saturated heterocycles. The highest BCUT2D eigenvalue weighted by Crippen LogP contribution is 2.34. The first kappa shape index (κ1) is 13.1. The summed E-state index contributed by atoms with van der Waals surface area (Å²) in [6, 6.07) is 5.45. The number of nitrogens with zero attached hydrogens (tertiary/aromatic N) is 1. The highest BCUT2D eigenvalue weighted by Gasteiger charge is 2.23. The third kappa shape index (κ3) is 2.65. The smallest absolute Gasteiger partial charge is 0.322 e. The Bertz CT molecular complexity index is 506. The van der Waals surface area contributed by atoms with E-state index < -0.39 is 0 Å². The number of amides is 2. The average Bonchev–Trinajstić information content (AvgIpc) is 2.79. The van der Waals surface area contributed by atoms with E-state index in [1.165, 1.54) is 0 Å². The zero-order valence-corrected chi connectivity index (χ0v) is 11.4. The molecule has 0 aromatic heterocycles. The third-order valence-electron chi connectivity index (χ3n) is 3.57. The van der Waals surface area contributed by atoms with Gasteiger partial charge in [-0.15, -0.1) is 0 Å². The summed E-state index contributed by atoms with van der Waals surface area (Å²) in [5.41, 5.74) is 0.705. The molecule has 0 radical (unpaired) electrons. The molecule has 0 saturated carbocycles. The highest BCUT2D eigenvalue weighted by atomic mass is 16.7. The van der Waals surface area contributed by atoms with Crippen molar-refractivity contribution in [1.82, 2.24) is 4.90 Å². The van der Waals surface area contributed by atoms with Crippen molar-refractivity contribution in [2.24, 2.45) is 0 Å². The van der Waals surface area contributed by atoms with Gasteiger partial charge in [0.2, 0.25) is 6.79 Å². The summed E-state index contributed by atoms with van der Waals surface area (Å²) in [4.78, 5) is 14.1. The van der Waals surface area contributed by atoms with Crippen molar-refractivity contribution in [3.63, 3.8) is 0 Å². The Morgan fingerprint density at radius 3 is 3.05 bits per heavy atom. The van der Waals surface area contributed by atoms with Crippen LogP contribution in [0.25, 0.3) is 0 Å². The SMILES string of the molecule is C[C@@H]1CCOCCN1C(=O)Nc1ccc2c(c1)OCO2. The topological polar surface area (TPSA) is 60.0 Å². The van der Waals surface area contributed by atoms with Gasteiger partial charge in [0.1, 0.15) is 0 Å². The summed E-state index contributed by atoms with van der Waals surface area (Å²) < 4.78 is 15.9. The van der Waals surface area contributed by atoms with E-state index in [1.54, 1.807) is 17.0 Å². The number of hydrogen-bond acceptors (Lipinski definition) is 4. The molecule has 3 rings (SSSR count).